The molecule has 1 saturated heterocycles. The predicted octanol–water partition coefficient (Wildman–Crippen LogP) is 4.27. The number of aromatic nitrogens is 4. The second-order valence-electron chi connectivity index (χ2n) is 9.64. The summed E-state index contributed by atoms with van der Waals surface area (Å²) in [7, 11) is 0. The Bertz CT molecular complexity index is 1670. The van der Waals surface area contributed by atoms with Crippen molar-refractivity contribution in [2.75, 3.05) is 18.0 Å². The average molecular weight is 589 g/mol. The van der Waals surface area contributed by atoms with E-state index in [1.165, 1.54) is 12.1 Å². The van der Waals surface area contributed by atoms with Gasteiger partial charge in [0.2, 0.25) is 0 Å². The van der Waals surface area contributed by atoms with Crippen LogP contribution in [0, 0.1) is 0 Å². The maximum Gasteiger partial charge on any atom is 0.453 e. The molecule has 0 aliphatic carbocycles. The van der Waals surface area contributed by atoms with E-state index in [0.29, 0.717) is 39.2 Å². The van der Waals surface area contributed by atoms with Crippen LogP contribution in [0.15, 0.2) is 59.4 Å². The second-order valence-corrected chi connectivity index (χ2v) is 10.0. The first-order valence-electron chi connectivity index (χ1n) is 12.7. The molecule has 14 heteroatoms. The quantitative estimate of drug-likeness (QED) is 0.309. The topological polar surface area (TPSA) is 122 Å². The van der Waals surface area contributed by atoms with Gasteiger partial charge in [0.15, 0.2) is 11.6 Å². The fraction of sp³-hybridized carbons (Fsp3) is 0.296. The van der Waals surface area contributed by atoms with E-state index >= 15 is 0 Å². The number of amides is 1. The van der Waals surface area contributed by atoms with Crippen molar-refractivity contribution in [3.05, 3.63) is 92.5 Å². The first-order chi connectivity index (χ1) is 19.5. The van der Waals surface area contributed by atoms with Crippen molar-refractivity contribution in [2.24, 2.45) is 0 Å². The molecule has 2 aromatic carbocycles. The molecule has 3 heterocycles. The average Bonchev–Trinajstić information content (AvgIpc) is 3.30. The number of piperidine rings is 1. The van der Waals surface area contributed by atoms with E-state index in [1.54, 1.807) is 47.4 Å². The van der Waals surface area contributed by atoms with E-state index in [4.69, 9.17) is 11.6 Å². The predicted molar refractivity (Wildman–Crippen MR) is 144 cm³/mol. The van der Waals surface area contributed by atoms with Gasteiger partial charge in [-0.2, -0.15) is 13.2 Å². The fourth-order valence-corrected chi connectivity index (χ4v) is 5.18. The maximum absolute atomic E-state index is 14.3. The zero-order chi connectivity index (χ0) is 29.3. The molecule has 2 aromatic heterocycles. The van der Waals surface area contributed by atoms with Gasteiger partial charge in [0.05, 0.1) is 0 Å². The number of carbonyl (C=O) groups is 2. The summed E-state index contributed by atoms with van der Waals surface area (Å²) in [5.41, 5.74) is -0.408. The first kappa shape index (κ1) is 28.1. The molecular formula is C27H24ClF3N6O4. The molecule has 0 unspecified atom stereocenters. The van der Waals surface area contributed by atoms with E-state index < -0.39 is 47.5 Å². The molecule has 10 nitrogen and oxygen atoms in total. The van der Waals surface area contributed by atoms with Crippen molar-refractivity contribution in [3.63, 3.8) is 0 Å². The van der Waals surface area contributed by atoms with Gasteiger partial charge in [0.1, 0.15) is 12.1 Å². The summed E-state index contributed by atoms with van der Waals surface area (Å²) in [6.07, 6.45) is -5.24. The van der Waals surface area contributed by atoms with Crippen molar-refractivity contribution in [1.82, 2.24) is 24.7 Å². The summed E-state index contributed by atoms with van der Waals surface area (Å²) in [6, 6.07) is 14.1. The molecule has 41 heavy (non-hydrogen) atoms. The van der Waals surface area contributed by atoms with Gasteiger partial charge >= 0.3 is 12.3 Å². The van der Waals surface area contributed by atoms with Gasteiger partial charge in [-0.3, -0.25) is 9.59 Å². The summed E-state index contributed by atoms with van der Waals surface area (Å²) >= 11 is 6.39. The van der Waals surface area contributed by atoms with Crippen LogP contribution in [-0.2, 0) is 19.1 Å². The van der Waals surface area contributed by atoms with Crippen molar-refractivity contribution < 1.29 is 27.9 Å². The SMILES string of the molecule is O=C(O)N[C@@H]1CCCN(c2nn3c(C(F)(F)F)nn(CC(=O)c4ccccc4)c(=O)c3c2Cc2ccccc2Cl)C1. The van der Waals surface area contributed by atoms with Crippen LogP contribution >= 0.6 is 11.6 Å². The number of rotatable bonds is 7. The number of carboxylic acid groups (broad SMARTS) is 1. The number of halogens is 4. The molecule has 4 aromatic rings. The Balaban J connectivity index is 1.71. The molecule has 0 bridgehead atoms. The minimum absolute atomic E-state index is 0.0464. The van der Waals surface area contributed by atoms with Crippen LogP contribution in [0.3, 0.4) is 0 Å². The maximum atomic E-state index is 14.3. The van der Waals surface area contributed by atoms with Crippen molar-refractivity contribution >= 4 is 34.8 Å². The number of alkyl halides is 3. The normalized spacial score (nSPS) is 15.7. The van der Waals surface area contributed by atoms with Gasteiger partial charge in [-0.15, -0.1) is 10.2 Å². The van der Waals surface area contributed by atoms with Crippen LogP contribution in [0.2, 0.25) is 5.02 Å². The standard InChI is InChI=1S/C27H24ClF3N6O4/c28-20-11-5-4-9-17(20)13-19-22-24(39)36(15-21(38)16-7-2-1-3-8-16)34-25(27(29,30)31)37(22)33-23(19)35-12-6-10-18(14-35)32-26(40)41/h1-5,7-9,11,18,32H,6,10,12-15H2,(H,40,41)/t18-/m1/s1. The lowest BCUT2D eigenvalue weighted by Crippen LogP contribution is -2.47. The Kier molecular flexibility index (Phi) is 7.72. The third-order valence-corrected chi connectivity index (χ3v) is 7.20. The Hall–Kier alpha value is -4.39. The Morgan fingerprint density at radius 3 is 2.46 bits per heavy atom. The number of benzene rings is 2. The number of nitrogens with one attached hydrogen (secondary N) is 1. The monoisotopic (exact) mass is 588 g/mol. The highest BCUT2D eigenvalue weighted by atomic mass is 35.5. The lowest BCUT2D eigenvalue weighted by molar-refractivity contribution is -0.147. The molecule has 1 aliphatic heterocycles. The third-order valence-electron chi connectivity index (χ3n) is 6.83. The summed E-state index contributed by atoms with van der Waals surface area (Å²) in [5, 5.41) is 19.7. The molecule has 5 rings (SSSR count). The van der Waals surface area contributed by atoms with Crippen LogP contribution in [0.25, 0.3) is 5.52 Å². The molecule has 0 spiro atoms. The zero-order valence-corrected chi connectivity index (χ0v) is 22.2. The molecular weight excluding hydrogens is 565 g/mol. The van der Waals surface area contributed by atoms with Gasteiger partial charge in [0.25, 0.3) is 11.4 Å². The molecule has 1 atom stereocenters. The van der Waals surface area contributed by atoms with Gasteiger partial charge in [-0.1, -0.05) is 60.1 Å². The van der Waals surface area contributed by atoms with Gasteiger partial charge < -0.3 is 15.3 Å². The summed E-state index contributed by atoms with van der Waals surface area (Å²) in [4.78, 5) is 39.5. The van der Waals surface area contributed by atoms with E-state index in [-0.39, 0.29) is 29.9 Å². The van der Waals surface area contributed by atoms with Crippen LogP contribution in [0.1, 0.15) is 40.2 Å². The smallest absolute Gasteiger partial charge is 0.453 e. The number of hydrogen-bond acceptors (Lipinski definition) is 6. The van der Waals surface area contributed by atoms with E-state index in [1.807, 2.05) is 0 Å². The van der Waals surface area contributed by atoms with Crippen LogP contribution in [0.4, 0.5) is 23.8 Å². The number of nitrogens with zero attached hydrogens (tertiary/aromatic N) is 5. The Morgan fingerprint density at radius 2 is 1.78 bits per heavy atom. The highest BCUT2D eigenvalue weighted by Crippen LogP contribution is 2.33. The van der Waals surface area contributed by atoms with Crippen LogP contribution in [0.5, 0.6) is 0 Å². The van der Waals surface area contributed by atoms with Gasteiger partial charge in [0, 0.05) is 41.7 Å². The first-order valence-corrected chi connectivity index (χ1v) is 13.1. The highest BCUT2D eigenvalue weighted by Gasteiger charge is 2.40. The summed E-state index contributed by atoms with van der Waals surface area (Å²) in [5.74, 6) is -1.99. The van der Waals surface area contributed by atoms with Gasteiger partial charge in [-0.25, -0.2) is 14.0 Å². The fourth-order valence-electron chi connectivity index (χ4n) is 4.98. The van der Waals surface area contributed by atoms with E-state index in [2.05, 4.69) is 15.5 Å². The zero-order valence-electron chi connectivity index (χ0n) is 21.4. The van der Waals surface area contributed by atoms with Crippen LogP contribution < -0.4 is 15.8 Å². The van der Waals surface area contributed by atoms with Crippen molar-refractivity contribution in [3.8, 4) is 0 Å². The number of fused-ring (bicyclic) bond motifs is 1. The number of carbonyl (C=O) groups excluding carboxylic acids is 1. The third kappa shape index (κ3) is 5.89. The van der Waals surface area contributed by atoms with Crippen molar-refractivity contribution in [2.45, 2.75) is 38.0 Å². The number of Topliss-reactive ketones (excluding diaryl/α,β-unsaturated/α-hetero) is 1. The van der Waals surface area contributed by atoms with E-state index in [9.17, 15) is 32.7 Å². The number of ketones is 1. The molecule has 0 radical (unpaired) electrons. The number of hydrogen-bond donors (Lipinski definition) is 2. The van der Waals surface area contributed by atoms with Gasteiger partial charge in [-0.05, 0) is 24.5 Å². The summed E-state index contributed by atoms with van der Waals surface area (Å²) in [6.45, 7) is -0.226. The lowest BCUT2D eigenvalue weighted by atomic mass is 10.0. The molecule has 2 N–H and O–H groups in total. The molecule has 1 fully saturated rings. The summed E-state index contributed by atoms with van der Waals surface area (Å²) < 4.78 is 44.0. The molecule has 214 valence electrons. The number of anilines is 1. The Morgan fingerprint density at radius 1 is 1.07 bits per heavy atom. The second kappa shape index (κ2) is 11.2. The molecule has 0 saturated carbocycles. The minimum Gasteiger partial charge on any atom is -0.465 e. The molecule has 1 aliphatic rings. The van der Waals surface area contributed by atoms with Crippen molar-refractivity contribution in [1.29, 1.82) is 0 Å². The minimum atomic E-state index is -5.02. The lowest BCUT2D eigenvalue weighted by Gasteiger charge is -2.33. The highest BCUT2D eigenvalue weighted by molar-refractivity contribution is 6.31. The largest absolute Gasteiger partial charge is 0.465 e. The molecule has 1 amide bonds. The Labute approximate surface area is 236 Å². The van der Waals surface area contributed by atoms with E-state index in [0.717, 1.165) is 0 Å². The van der Waals surface area contributed by atoms with Crippen LogP contribution in [-0.4, -0.2) is 55.5 Å².